The van der Waals surface area contributed by atoms with Gasteiger partial charge in [0.05, 0.1) is 12.4 Å². The van der Waals surface area contributed by atoms with E-state index in [0.717, 1.165) is 29.8 Å². The molecule has 0 saturated carbocycles. The molecular weight excluding hydrogens is 378 g/mol. The molecule has 0 spiro atoms. The highest BCUT2D eigenvalue weighted by atomic mass is 16.4. The van der Waals surface area contributed by atoms with Crippen LogP contribution in [0.4, 0.5) is 11.4 Å². The number of hydrogen-bond donors (Lipinski definition) is 2. The lowest BCUT2D eigenvalue weighted by atomic mass is 9.88. The third-order valence-corrected chi connectivity index (χ3v) is 5.45. The van der Waals surface area contributed by atoms with E-state index in [4.69, 9.17) is 4.42 Å². The van der Waals surface area contributed by atoms with Crippen LogP contribution in [-0.2, 0) is 0 Å². The molecule has 2 aromatic heterocycles. The molecule has 0 amide bonds. The number of anilines is 2. The van der Waals surface area contributed by atoms with E-state index in [0.29, 0.717) is 5.92 Å². The van der Waals surface area contributed by atoms with Crippen molar-refractivity contribution in [1.29, 1.82) is 0 Å². The summed E-state index contributed by atoms with van der Waals surface area (Å²) in [6.07, 6.45) is 8.00. The number of aromatic amines is 1. The van der Waals surface area contributed by atoms with Crippen molar-refractivity contribution in [1.82, 2.24) is 19.7 Å². The van der Waals surface area contributed by atoms with Gasteiger partial charge in [0, 0.05) is 29.3 Å². The van der Waals surface area contributed by atoms with E-state index < -0.39 is 5.76 Å². The molecule has 154 valence electrons. The topological polar surface area (TPSA) is 88.7 Å². The quantitative estimate of drug-likeness (QED) is 0.432. The van der Waals surface area contributed by atoms with Gasteiger partial charge in [-0.15, -0.1) is 5.10 Å². The maximum Gasteiger partial charge on any atom is 0.434 e. The SMILES string of the molecule is CCC(CC)C(c1ccc(Nc2ccc(-c3n[nH]c(=O)o3)cc2)cc1)n1ccnc1. The first-order chi connectivity index (χ1) is 14.7. The number of hydrogen-bond acceptors (Lipinski definition) is 5. The Labute approximate surface area is 174 Å². The first-order valence-corrected chi connectivity index (χ1v) is 10.2. The molecule has 0 aliphatic rings. The lowest BCUT2D eigenvalue weighted by Gasteiger charge is -2.27. The molecule has 2 N–H and O–H groups in total. The van der Waals surface area contributed by atoms with Crippen LogP contribution in [-0.4, -0.2) is 19.7 Å². The number of nitrogens with zero attached hydrogens (tertiary/aromatic N) is 3. The normalized spacial score (nSPS) is 12.2. The van der Waals surface area contributed by atoms with E-state index in [9.17, 15) is 4.79 Å². The van der Waals surface area contributed by atoms with Gasteiger partial charge < -0.3 is 14.3 Å². The largest absolute Gasteiger partial charge is 0.434 e. The van der Waals surface area contributed by atoms with Crippen molar-refractivity contribution >= 4 is 11.4 Å². The zero-order chi connectivity index (χ0) is 20.9. The third-order valence-electron chi connectivity index (χ3n) is 5.45. The summed E-state index contributed by atoms with van der Waals surface area (Å²) in [5.41, 5.74) is 3.96. The first-order valence-electron chi connectivity index (χ1n) is 10.2. The summed E-state index contributed by atoms with van der Waals surface area (Å²) in [5.74, 6) is 0.269. The highest BCUT2D eigenvalue weighted by molar-refractivity contribution is 5.64. The van der Waals surface area contributed by atoms with Crippen molar-refractivity contribution in [2.24, 2.45) is 5.92 Å². The Morgan fingerprint density at radius 2 is 1.70 bits per heavy atom. The molecule has 7 nitrogen and oxygen atoms in total. The molecule has 7 heteroatoms. The number of benzene rings is 2. The van der Waals surface area contributed by atoms with Crippen molar-refractivity contribution in [3.05, 3.63) is 83.4 Å². The summed E-state index contributed by atoms with van der Waals surface area (Å²) in [5, 5.41) is 9.52. The van der Waals surface area contributed by atoms with Crippen molar-refractivity contribution in [2.75, 3.05) is 5.32 Å². The van der Waals surface area contributed by atoms with E-state index in [1.807, 2.05) is 43.0 Å². The molecule has 4 aromatic rings. The zero-order valence-corrected chi connectivity index (χ0v) is 17.1. The molecule has 2 aromatic carbocycles. The number of aromatic nitrogens is 4. The zero-order valence-electron chi connectivity index (χ0n) is 17.1. The minimum atomic E-state index is -0.560. The highest BCUT2D eigenvalue weighted by Gasteiger charge is 2.21. The molecule has 0 bridgehead atoms. The molecule has 1 unspecified atom stereocenters. The van der Waals surface area contributed by atoms with E-state index in [-0.39, 0.29) is 11.9 Å². The summed E-state index contributed by atoms with van der Waals surface area (Å²) in [7, 11) is 0. The molecule has 30 heavy (non-hydrogen) atoms. The monoisotopic (exact) mass is 403 g/mol. The average Bonchev–Trinajstić information content (AvgIpc) is 3.45. The molecule has 0 saturated heterocycles. The van der Waals surface area contributed by atoms with Crippen LogP contribution in [0, 0.1) is 5.92 Å². The van der Waals surface area contributed by atoms with E-state index in [1.165, 1.54) is 5.56 Å². The van der Waals surface area contributed by atoms with Crippen LogP contribution < -0.4 is 11.1 Å². The summed E-state index contributed by atoms with van der Waals surface area (Å²) >= 11 is 0. The Morgan fingerprint density at radius 1 is 1.03 bits per heavy atom. The van der Waals surface area contributed by atoms with Gasteiger partial charge in [0.25, 0.3) is 0 Å². The Morgan fingerprint density at radius 3 is 2.23 bits per heavy atom. The van der Waals surface area contributed by atoms with E-state index in [1.54, 1.807) is 0 Å². The van der Waals surface area contributed by atoms with E-state index >= 15 is 0 Å². The summed E-state index contributed by atoms with van der Waals surface area (Å²) in [6.45, 7) is 4.48. The molecule has 0 fully saturated rings. The highest BCUT2D eigenvalue weighted by Crippen LogP contribution is 2.32. The van der Waals surface area contributed by atoms with Gasteiger partial charge in [-0.2, -0.15) is 0 Å². The Kier molecular flexibility index (Phi) is 5.79. The standard InChI is InChI=1S/C23H25N5O2/c1-3-16(4-2)21(28-14-13-24-15-28)17-5-9-19(10-6-17)25-20-11-7-18(8-12-20)22-26-27-23(29)30-22/h5-16,21,25H,3-4H2,1-2H3,(H,27,29). The number of rotatable bonds is 8. The second-order valence-electron chi connectivity index (χ2n) is 7.27. The Balaban J connectivity index is 1.51. The fraction of sp³-hybridized carbons (Fsp3) is 0.261. The van der Waals surface area contributed by atoms with Gasteiger partial charge in [0.15, 0.2) is 0 Å². The van der Waals surface area contributed by atoms with Crippen molar-refractivity contribution in [3.8, 4) is 11.5 Å². The van der Waals surface area contributed by atoms with Crippen LogP contribution in [0.25, 0.3) is 11.5 Å². The van der Waals surface area contributed by atoms with Gasteiger partial charge >= 0.3 is 5.76 Å². The van der Waals surface area contributed by atoms with Gasteiger partial charge in [0.1, 0.15) is 0 Å². The average molecular weight is 403 g/mol. The van der Waals surface area contributed by atoms with Crippen LogP contribution in [0.5, 0.6) is 0 Å². The van der Waals surface area contributed by atoms with Gasteiger partial charge in [-0.25, -0.2) is 14.9 Å². The predicted octanol–water partition coefficient (Wildman–Crippen LogP) is 5.00. The number of H-pyrrole nitrogens is 1. The van der Waals surface area contributed by atoms with Gasteiger partial charge in [-0.05, 0) is 47.9 Å². The molecule has 1 atom stereocenters. The first kappa shape index (κ1) is 19.7. The Hall–Kier alpha value is -3.61. The lowest BCUT2D eigenvalue weighted by Crippen LogP contribution is -2.19. The minimum absolute atomic E-state index is 0.277. The van der Waals surface area contributed by atoms with Gasteiger partial charge in [0.2, 0.25) is 5.89 Å². The fourth-order valence-electron chi connectivity index (χ4n) is 3.84. The van der Waals surface area contributed by atoms with Crippen LogP contribution in [0.2, 0.25) is 0 Å². The maximum absolute atomic E-state index is 11.1. The second kappa shape index (κ2) is 8.82. The minimum Gasteiger partial charge on any atom is -0.388 e. The van der Waals surface area contributed by atoms with Gasteiger partial charge in [-0.3, -0.25) is 0 Å². The van der Waals surface area contributed by atoms with Crippen LogP contribution >= 0.6 is 0 Å². The molecule has 0 aliphatic carbocycles. The van der Waals surface area contributed by atoms with Crippen molar-refractivity contribution in [2.45, 2.75) is 32.7 Å². The van der Waals surface area contributed by atoms with Crippen LogP contribution in [0.15, 0.2) is 76.5 Å². The number of imidazole rings is 1. The molecule has 0 aliphatic heterocycles. The van der Waals surface area contributed by atoms with Crippen molar-refractivity contribution < 1.29 is 4.42 Å². The lowest BCUT2D eigenvalue weighted by molar-refractivity contribution is 0.355. The van der Waals surface area contributed by atoms with Crippen molar-refractivity contribution in [3.63, 3.8) is 0 Å². The Bertz CT molecular complexity index is 1110. The molecule has 0 radical (unpaired) electrons. The summed E-state index contributed by atoms with van der Waals surface area (Å²) < 4.78 is 7.18. The van der Waals surface area contributed by atoms with E-state index in [2.05, 4.69) is 63.2 Å². The molecule has 2 heterocycles. The third kappa shape index (κ3) is 4.20. The summed E-state index contributed by atoms with van der Waals surface area (Å²) in [4.78, 5) is 15.3. The van der Waals surface area contributed by atoms with Gasteiger partial charge in [-0.1, -0.05) is 38.8 Å². The maximum atomic E-state index is 11.1. The smallest absolute Gasteiger partial charge is 0.388 e. The summed E-state index contributed by atoms with van der Waals surface area (Å²) in [6, 6.07) is 16.4. The second-order valence-corrected chi connectivity index (χ2v) is 7.27. The molecular formula is C23H25N5O2. The number of nitrogens with one attached hydrogen (secondary N) is 2. The molecule has 4 rings (SSSR count). The predicted molar refractivity (Wildman–Crippen MR) is 117 cm³/mol. The van der Waals surface area contributed by atoms with Crippen LogP contribution in [0.3, 0.4) is 0 Å². The van der Waals surface area contributed by atoms with Crippen LogP contribution in [0.1, 0.15) is 38.3 Å². The fourth-order valence-corrected chi connectivity index (χ4v) is 3.84.